The first-order valence-corrected chi connectivity index (χ1v) is 6.79. The topological polar surface area (TPSA) is 83.1 Å². The summed E-state index contributed by atoms with van der Waals surface area (Å²) in [6.07, 6.45) is 1.72. The van der Waals surface area contributed by atoms with Gasteiger partial charge in [-0.05, 0) is 18.2 Å². The average Bonchev–Trinajstić information content (AvgIpc) is 3.12. The second kappa shape index (κ2) is 4.75. The number of para-hydroxylation sites is 1. The minimum absolute atomic E-state index is 0.0134. The fraction of sp³-hybridized carbons (Fsp3) is 0.200. The number of aromatic nitrogens is 3. The van der Waals surface area contributed by atoms with Crippen molar-refractivity contribution in [3.63, 3.8) is 0 Å². The summed E-state index contributed by atoms with van der Waals surface area (Å²) in [4.78, 5) is 4.33. The lowest BCUT2D eigenvalue weighted by Crippen LogP contribution is -2.04. The molecule has 21 heavy (non-hydrogen) atoms. The highest BCUT2D eigenvalue weighted by Gasteiger charge is 2.27. The molecule has 0 fully saturated rings. The minimum atomic E-state index is 0.0134. The lowest BCUT2D eigenvalue weighted by atomic mass is 10.0. The van der Waals surface area contributed by atoms with Crippen LogP contribution in [-0.2, 0) is 0 Å². The number of hydrogen-bond acceptors (Lipinski definition) is 5. The summed E-state index contributed by atoms with van der Waals surface area (Å²) >= 11 is 0. The van der Waals surface area contributed by atoms with Gasteiger partial charge in [0.2, 0.25) is 0 Å². The van der Waals surface area contributed by atoms with E-state index in [4.69, 9.17) is 4.74 Å². The SMILES string of the molecule is OCC1COc2c1ccnc2Nc1n[nH]c2ccccc12. The van der Waals surface area contributed by atoms with E-state index in [1.54, 1.807) is 6.20 Å². The van der Waals surface area contributed by atoms with E-state index >= 15 is 0 Å². The van der Waals surface area contributed by atoms with Crippen LogP contribution in [0, 0.1) is 0 Å². The van der Waals surface area contributed by atoms with Gasteiger partial charge >= 0.3 is 0 Å². The molecular formula is C15H14N4O2. The second-order valence-electron chi connectivity index (χ2n) is 5.01. The Balaban J connectivity index is 1.74. The molecule has 0 aliphatic carbocycles. The number of nitrogens with one attached hydrogen (secondary N) is 2. The van der Waals surface area contributed by atoms with Crippen LogP contribution in [0.5, 0.6) is 5.75 Å². The molecule has 2 aromatic heterocycles. The van der Waals surface area contributed by atoms with Crippen LogP contribution >= 0.6 is 0 Å². The van der Waals surface area contributed by atoms with Crippen LogP contribution in [0.4, 0.5) is 11.6 Å². The predicted molar refractivity (Wildman–Crippen MR) is 78.9 cm³/mol. The van der Waals surface area contributed by atoms with Crippen molar-refractivity contribution in [1.29, 1.82) is 0 Å². The number of pyridine rings is 1. The zero-order chi connectivity index (χ0) is 14.2. The van der Waals surface area contributed by atoms with Crippen LogP contribution in [0.1, 0.15) is 11.5 Å². The Morgan fingerprint density at radius 3 is 3.10 bits per heavy atom. The van der Waals surface area contributed by atoms with Gasteiger partial charge in [0.25, 0.3) is 0 Å². The van der Waals surface area contributed by atoms with Crippen molar-refractivity contribution in [1.82, 2.24) is 15.2 Å². The molecule has 0 spiro atoms. The summed E-state index contributed by atoms with van der Waals surface area (Å²) in [5.74, 6) is 2.05. The zero-order valence-corrected chi connectivity index (χ0v) is 11.2. The molecule has 1 atom stereocenters. The number of benzene rings is 1. The normalized spacial score (nSPS) is 16.7. The van der Waals surface area contributed by atoms with Gasteiger partial charge in [-0.25, -0.2) is 4.98 Å². The fourth-order valence-electron chi connectivity index (χ4n) is 2.62. The molecule has 6 nitrogen and oxygen atoms in total. The van der Waals surface area contributed by atoms with Crippen molar-refractivity contribution < 1.29 is 9.84 Å². The van der Waals surface area contributed by atoms with Crippen LogP contribution in [0.15, 0.2) is 36.5 Å². The molecule has 3 aromatic rings. The Kier molecular flexibility index (Phi) is 2.75. The number of aliphatic hydroxyl groups excluding tert-OH is 1. The summed E-state index contributed by atoms with van der Waals surface area (Å²) in [5, 5.41) is 20.8. The molecule has 1 unspecified atom stereocenters. The Bertz CT molecular complexity index is 799. The van der Waals surface area contributed by atoms with Gasteiger partial charge in [-0.1, -0.05) is 12.1 Å². The lowest BCUT2D eigenvalue weighted by molar-refractivity contribution is 0.232. The number of hydrogen-bond donors (Lipinski definition) is 3. The highest BCUT2D eigenvalue weighted by molar-refractivity contribution is 5.91. The number of aliphatic hydroxyl groups is 1. The molecule has 1 aliphatic heterocycles. The van der Waals surface area contributed by atoms with Gasteiger partial charge in [0.1, 0.15) is 0 Å². The third-order valence-corrected chi connectivity index (χ3v) is 3.73. The summed E-state index contributed by atoms with van der Waals surface area (Å²) in [5.41, 5.74) is 1.94. The molecule has 0 saturated heterocycles. The highest BCUT2D eigenvalue weighted by Crippen LogP contribution is 2.39. The maximum atomic E-state index is 9.36. The Morgan fingerprint density at radius 1 is 1.29 bits per heavy atom. The molecule has 0 radical (unpaired) electrons. The van der Waals surface area contributed by atoms with Crippen LogP contribution in [0.2, 0.25) is 0 Å². The Labute approximate surface area is 120 Å². The molecule has 4 rings (SSSR count). The number of fused-ring (bicyclic) bond motifs is 2. The van der Waals surface area contributed by atoms with Crippen molar-refractivity contribution >= 4 is 22.5 Å². The van der Waals surface area contributed by atoms with Gasteiger partial charge in [-0.2, -0.15) is 5.10 Å². The summed E-state index contributed by atoms with van der Waals surface area (Å²) < 4.78 is 5.67. The molecule has 0 bridgehead atoms. The van der Waals surface area contributed by atoms with Gasteiger partial charge < -0.3 is 15.2 Å². The molecule has 0 amide bonds. The van der Waals surface area contributed by atoms with Gasteiger partial charge in [-0.15, -0.1) is 0 Å². The molecule has 1 aromatic carbocycles. The molecule has 3 N–H and O–H groups in total. The number of nitrogens with zero attached hydrogens (tertiary/aromatic N) is 2. The number of rotatable bonds is 3. The maximum absolute atomic E-state index is 9.36. The molecule has 106 valence electrons. The first-order valence-electron chi connectivity index (χ1n) is 6.79. The molecular weight excluding hydrogens is 268 g/mol. The molecule has 6 heteroatoms. The van der Waals surface area contributed by atoms with E-state index in [0.29, 0.717) is 24.0 Å². The van der Waals surface area contributed by atoms with Gasteiger partial charge in [0.05, 0.1) is 18.7 Å². The number of H-pyrrole nitrogens is 1. The van der Waals surface area contributed by atoms with Crippen molar-refractivity contribution in [3.8, 4) is 5.75 Å². The van der Waals surface area contributed by atoms with Crippen molar-refractivity contribution in [2.45, 2.75) is 5.92 Å². The first-order chi connectivity index (χ1) is 10.4. The van der Waals surface area contributed by atoms with E-state index in [1.165, 1.54) is 0 Å². The molecule has 1 aliphatic rings. The largest absolute Gasteiger partial charge is 0.489 e. The second-order valence-corrected chi connectivity index (χ2v) is 5.01. The van der Waals surface area contributed by atoms with E-state index < -0.39 is 0 Å². The highest BCUT2D eigenvalue weighted by atomic mass is 16.5. The van der Waals surface area contributed by atoms with Crippen LogP contribution in [0.3, 0.4) is 0 Å². The third kappa shape index (κ3) is 1.92. The molecule has 3 heterocycles. The van der Waals surface area contributed by atoms with Gasteiger partial charge in [0.15, 0.2) is 17.4 Å². The summed E-state index contributed by atoms with van der Waals surface area (Å²) in [6.45, 7) is 0.551. The van der Waals surface area contributed by atoms with Crippen LogP contribution in [0.25, 0.3) is 10.9 Å². The number of anilines is 2. The summed E-state index contributed by atoms with van der Waals surface area (Å²) in [7, 11) is 0. The van der Waals surface area contributed by atoms with Crippen LogP contribution in [-0.4, -0.2) is 33.5 Å². The number of ether oxygens (including phenoxy) is 1. The van der Waals surface area contributed by atoms with E-state index in [1.807, 2.05) is 30.3 Å². The van der Waals surface area contributed by atoms with E-state index in [2.05, 4.69) is 20.5 Å². The Hall–Kier alpha value is -2.60. The van der Waals surface area contributed by atoms with E-state index in [0.717, 1.165) is 16.5 Å². The Morgan fingerprint density at radius 2 is 2.19 bits per heavy atom. The van der Waals surface area contributed by atoms with Crippen molar-refractivity contribution in [2.75, 3.05) is 18.5 Å². The van der Waals surface area contributed by atoms with Crippen LogP contribution < -0.4 is 10.1 Å². The monoisotopic (exact) mass is 282 g/mol. The quantitative estimate of drug-likeness (QED) is 0.685. The standard InChI is InChI=1S/C15H14N4O2/c20-7-9-8-21-13-10(9)5-6-16-15(13)17-14-11-3-1-2-4-12(11)18-19-14/h1-6,9,20H,7-8H2,(H2,16,17,18,19). The average molecular weight is 282 g/mol. The first kappa shape index (κ1) is 12.2. The van der Waals surface area contributed by atoms with Crippen molar-refractivity contribution in [2.24, 2.45) is 0 Å². The van der Waals surface area contributed by atoms with E-state index in [-0.39, 0.29) is 12.5 Å². The minimum Gasteiger partial charge on any atom is -0.489 e. The van der Waals surface area contributed by atoms with Gasteiger partial charge in [0, 0.05) is 23.1 Å². The molecule has 0 saturated carbocycles. The maximum Gasteiger partial charge on any atom is 0.174 e. The third-order valence-electron chi connectivity index (χ3n) is 3.73. The fourth-order valence-corrected chi connectivity index (χ4v) is 2.62. The lowest BCUT2D eigenvalue weighted by Gasteiger charge is -2.08. The van der Waals surface area contributed by atoms with Crippen molar-refractivity contribution in [3.05, 3.63) is 42.1 Å². The number of aromatic amines is 1. The smallest absolute Gasteiger partial charge is 0.174 e. The van der Waals surface area contributed by atoms with Gasteiger partial charge in [-0.3, -0.25) is 5.10 Å². The summed E-state index contributed by atoms with van der Waals surface area (Å²) in [6, 6.07) is 9.76. The van der Waals surface area contributed by atoms with E-state index in [9.17, 15) is 5.11 Å². The predicted octanol–water partition coefficient (Wildman–Crippen LogP) is 2.17. The zero-order valence-electron chi connectivity index (χ0n) is 11.2.